The lowest BCUT2D eigenvalue weighted by Crippen LogP contribution is -2.16. The van der Waals surface area contributed by atoms with Crippen LogP contribution in [0.5, 0.6) is 0 Å². The molecule has 1 aromatic heterocycles. The second kappa shape index (κ2) is 7.61. The van der Waals surface area contributed by atoms with Crippen molar-refractivity contribution in [3.05, 3.63) is 28.7 Å². The summed E-state index contributed by atoms with van der Waals surface area (Å²) in [4.78, 5) is 16.3. The van der Waals surface area contributed by atoms with Crippen molar-refractivity contribution in [1.82, 2.24) is 15.0 Å². The Morgan fingerprint density at radius 3 is 2.62 bits per heavy atom. The van der Waals surface area contributed by atoms with E-state index in [2.05, 4.69) is 43.1 Å². The van der Waals surface area contributed by atoms with Crippen molar-refractivity contribution in [2.75, 3.05) is 30.9 Å². The molecule has 2 rings (SSSR count). The van der Waals surface area contributed by atoms with Crippen LogP contribution in [0, 0.1) is 0 Å². The lowest BCUT2D eigenvalue weighted by Gasteiger charge is -2.13. The number of nitrogens with one attached hydrogen (secondary N) is 1. The first-order valence-electron chi connectivity index (χ1n) is 6.69. The normalized spacial score (nSPS) is 10.5. The second-order valence-electron chi connectivity index (χ2n) is 4.60. The molecular formula is C14H18BrN5S. The van der Waals surface area contributed by atoms with Gasteiger partial charge in [0.1, 0.15) is 0 Å². The highest BCUT2D eigenvalue weighted by molar-refractivity contribution is 9.10. The SMILES string of the molecule is CCCNc1nc(Sc2ccccc2Br)nc(N(C)C)n1. The van der Waals surface area contributed by atoms with Crippen molar-refractivity contribution in [3.63, 3.8) is 0 Å². The van der Waals surface area contributed by atoms with E-state index in [4.69, 9.17) is 0 Å². The lowest BCUT2D eigenvalue weighted by atomic mass is 10.4. The van der Waals surface area contributed by atoms with Crippen LogP contribution < -0.4 is 10.2 Å². The maximum absolute atomic E-state index is 4.48. The molecular weight excluding hydrogens is 350 g/mol. The van der Waals surface area contributed by atoms with Gasteiger partial charge in [-0.1, -0.05) is 19.1 Å². The van der Waals surface area contributed by atoms with Crippen LogP contribution in [0.4, 0.5) is 11.9 Å². The summed E-state index contributed by atoms with van der Waals surface area (Å²) >= 11 is 5.06. The zero-order valence-corrected chi connectivity index (χ0v) is 14.7. The van der Waals surface area contributed by atoms with Crippen molar-refractivity contribution in [2.24, 2.45) is 0 Å². The molecule has 0 amide bonds. The largest absolute Gasteiger partial charge is 0.354 e. The van der Waals surface area contributed by atoms with Gasteiger partial charge in [0.2, 0.25) is 11.9 Å². The maximum atomic E-state index is 4.48. The van der Waals surface area contributed by atoms with Gasteiger partial charge in [-0.25, -0.2) is 0 Å². The smallest absolute Gasteiger partial charge is 0.230 e. The second-order valence-corrected chi connectivity index (χ2v) is 6.46. The number of aromatic nitrogens is 3. The molecule has 1 aromatic carbocycles. The van der Waals surface area contributed by atoms with Crippen LogP contribution >= 0.6 is 27.7 Å². The van der Waals surface area contributed by atoms with Crippen LogP contribution in [0.1, 0.15) is 13.3 Å². The quantitative estimate of drug-likeness (QED) is 0.840. The molecule has 0 saturated carbocycles. The Labute approximate surface area is 137 Å². The Kier molecular flexibility index (Phi) is 5.81. The third-order valence-electron chi connectivity index (χ3n) is 2.57. The van der Waals surface area contributed by atoms with Gasteiger partial charge in [0.15, 0.2) is 5.16 Å². The van der Waals surface area contributed by atoms with Crippen molar-refractivity contribution < 1.29 is 0 Å². The maximum Gasteiger partial charge on any atom is 0.230 e. The number of hydrogen-bond donors (Lipinski definition) is 1. The summed E-state index contributed by atoms with van der Waals surface area (Å²) < 4.78 is 1.03. The van der Waals surface area contributed by atoms with Gasteiger partial charge in [-0.05, 0) is 46.2 Å². The molecule has 0 saturated heterocycles. The van der Waals surface area contributed by atoms with Gasteiger partial charge in [-0.15, -0.1) is 0 Å². The summed E-state index contributed by atoms with van der Waals surface area (Å²) in [5.41, 5.74) is 0. The molecule has 0 atom stereocenters. The van der Waals surface area contributed by atoms with Gasteiger partial charge in [-0.3, -0.25) is 0 Å². The van der Waals surface area contributed by atoms with Crippen LogP contribution in [0.3, 0.4) is 0 Å². The van der Waals surface area contributed by atoms with Crippen LogP contribution in [-0.2, 0) is 0 Å². The highest BCUT2D eigenvalue weighted by atomic mass is 79.9. The third-order valence-corrected chi connectivity index (χ3v) is 4.47. The molecule has 21 heavy (non-hydrogen) atoms. The summed E-state index contributed by atoms with van der Waals surface area (Å²) in [7, 11) is 3.84. The molecule has 1 heterocycles. The van der Waals surface area contributed by atoms with E-state index in [1.807, 2.05) is 43.3 Å². The van der Waals surface area contributed by atoms with Crippen LogP contribution in [-0.4, -0.2) is 35.6 Å². The lowest BCUT2D eigenvalue weighted by molar-refractivity contribution is 0.852. The monoisotopic (exact) mass is 367 g/mol. The average molecular weight is 368 g/mol. The van der Waals surface area contributed by atoms with Gasteiger partial charge in [0, 0.05) is 30.0 Å². The molecule has 0 unspecified atom stereocenters. The highest BCUT2D eigenvalue weighted by Crippen LogP contribution is 2.32. The molecule has 112 valence electrons. The molecule has 2 aromatic rings. The van der Waals surface area contributed by atoms with E-state index in [0.29, 0.717) is 17.1 Å². The molecule has 0 aliphatic carbocycles. The van der Waals surface area contributed by atoms with Crippen molar-refractivity contribution in [1.29, 1.82) is 0 Å². The fourth-order valence-electron chi connectivity index (χ4n) is 1.53. The van der Waals surface area contributed by atoms with Crippen molar-refractivity contribution in [3.8, 4) is 0 Å². The standard InChI is InChI=1S/C14H18BrN5S/c1-4-9-16-12-17-13(20(2)3)19-14(18-12)21-11-8-6-5-7-10(11)15/h5-8H,4,9H2,1-3H3,(H,16,17,18,19). The minimum absolute atomic E-state index is 0.616. The summed E-state index contributed by atoms with van der Waals surface area (Å²) in [5.74, 6) is 1.27. The van der Waals surface area contributed by atoms with Gasteiger partial charge in [-0.2, -0.15) is 15.0 Å². The molecule has 5 nitrogen and oxygen atoms in total. The number of nitrogens with zero attached hydrogens (tertiary/aromatic N) is 4. The molecule has 0 aliphatic heterocycles. The Morgan fingerprint density at radius 1 is 1.19 bits per heavy atom. The van der Waals surface area contributed by atoms with E-state index < -0.39 is 0 Å². The number of anilines is 2. The van der Waals surface area contributed by atoms with E-state index >= 15 is 0 Å². The summed E-state index contributed by atoms with van der Waals surface area (Å²) in [6.07, 6.45) is 1.02. The van der Waals surface area contributed by atoms with E-state index in [-0.39, 0.29) is 0 Å². The number of benzene rings is 1. The Balaban J connectivity index is 2.29. The number of hydrogen-bond acceptors (Lipinski definition) is 6. The average Bonchev–Trinajstić information content (AvgIpc) is 2.47. The molecule has 1 N–H and O–H groups in total. The minimum Gasteiger partial charge on any atom is -0.354 e. The number of rotatable bonds is 6. The molecule has 0 spiro atoms. The predicted molar refractivity (Wildman–Crippen MR) is 91.2 cm³/mol. The van der Waals surface area contributed by atoms with Gasteiger partial charge < -0.3 is 10.2 Å². The van der Waals surface area contributed by atoms with E-state index in [1.165, 1.54) is 11.8 Å². The first-order chi connectivity index (χ1) is 10.1. The van der Waals surface area contributed by atoms with Gasteiger partial charge in [0.05, 0.1) is 0 Å². The zero-order valence-electron chi connectivity index (χ0n) is 12.3. The predicted octanol–water partition coefficient (Wildman–Crippen LogP) is 3.67. The van der Waals surface area contributed by atoms with Crippen molar-refractivity contribution >= 4 is 39.6 Å². The van der Waals surface area contributed by atoms with Gasteiger partial charge in [0.25, 0.3) is 0 Å². The molecule has 7 heteroatoms. The third kappa shape index (κ3) is 4.57. The van der Waals surface area contributed by atoms with Crippen LogP contribution in [0.25, 0.3) is 0 Å². The fraction of sp³-hybridized carbons (Fsp3) is 0.357. The summed E-state index contributed by atoms with van der Waals surface area (Å²) in [5, 5.41) is 3.90. The topological polar surface area (TPSA) is 53.9 Å². The summed E-state index contributed by atoms with van der Waals surface area (Å²) in [6, 6.07) is 8.03. The van der Waals surface area contributed by atoms with E-state index in [1.54, 1.807) is 0 Å². The Bertz CT molecular complexity index is 606. The first kappa shape index (κ1) is 16.0. The molecule has 0 fully saturated rings. The molecule has 0 aliphatic rings. The highest BCUT2D eigenvalue weighted by Gasteiger charge is 2.10. The molecule has 0 radical (unpaired) electrons. The molecule has 0 bridgehead atoms. The first-order valence-corrected chi connectivity index (χ1v) is 8.30. The Hall–Kier alpha value is -1.34. The number of halogens is 1. The van der Waals surface area contributed by atoms with Gasteiger partial charge >= 0.3 is 0 Å². The Morgan fingerprint density at radius 2 is 1.95 bits per heavy atom. The fourth-order valence-corrected chi connectivity index (χ4v) is 2.83. The zero-order chi connectivity index (χ0) is 15.2. The van der Waals surface area contributed by atoms with Crippen LogP contribution in [0.2, 0.25) is 0 Å². The van der Waals surface area contributed by atoms with E-state index in [9.17, 15) is 0 Å². The van der Waals surface area contributed by atoms with E-state index in [0.717, 1.165) is 22.3 Å². The van der Waals surface area contributed by atoms with Crippen molar-refractivity contribution in [2.45, 2.75) is 23.4 Å². The summed E-state index contributed by atoms with van der Waals surface area (Å²) in [6.45, 7) is 2.95. The van der Waals surface area contributed by atoms with Crippen LogP contribution in [0.15, 0.2) is 38.8 Å². The minimum atomic E-state index is 0.616.